The van der Waals surface area contributed by atoms with Gasteiger partial charge in [-0.25, -0.2) is 4.39 Å². The van der Waals surface area contributed by atoms with Crippen LogP contribution in [0.1, 0.15) is 48.9 Å². The minimum atomic E-state index is -0.428. The molecule has 3 nitrogen and oxygen atoms in total. The maximum atomic E-state index is 13.3. The van der Waals surface area contributed by atoms with Gasteiger partial charge in [0.15, 0.2) is 0 Å². The summed E-state index contributed by atoms with van der Waals surface area (Å²) >= 11 is 3.09. The normalized spacial score (nSPS) is 15.9. The van der Waals surface area contributed by atoms with E-state index in [0.717, 1.165) is 19.3 Å². The Bertz CT molecular complexity index is 475. The first-order valence-corrected chi connectivity index (χ1v) is 8.31. The minimum Gasteiger partial charge on any atom is -0.378 e. The summed E-state index contributed by atoms with van der Waals surface area (Å²) in [7, 11) is 0. The van der Waals surface area contributed by atoms with Crippen molar-refractivity contribution in [1.82, 2.24) is 5.32 Å². The van der Waals surface area contributed by atoms with E-state index in [9.17, 15) is 9.18 Å². The molecule has 0 radical (unpaired) electrons. The van der Waals surface area contributed by atoms with Gasteiger partial charge in [-0.15, -0.1) is 0 Å². The van der Waals surface area contributed by atoms with Gasteiger partial charge in [0.25, 0.3) is 5.91 Å². The lowest BCUT2D eigenvalue weighted by molar-refractivity contribution is 0.0273. The zero-order chi connectivity index (χ0) is 15.1. The second-order valence-corrected chi connectivity index (χ2v) is 6.13. The molecule has 2 rings (SSSR count). The van der Waals surface area contributed by atoms with Crippen molar-refractivity contribution < 1.29 is 13.9 Å². The monoisotopic (exact) mass is 357 g/mol. The van der Waals surface area contributed by atoms with Crippen molar-refractivity contribution in [2.75, 3.05) is 13.2 Å². The summed E-state index contributed by atoms with van der Waals surface area (Å²) < 4.78 is 19.3. The zero-order valence-corrected chi connectivity index (χ0v) is 13.6. The molecule has 1 fully saturated rings. The Balaban J connectivity index is 1.66. The van der Waals surface area contributed by atoms with Crippen LogP contribution in [-0.2, 0) is 4.74 Å². The first-order valence-electron chi connectivity index (χ1n) is 7.52. The second-order valence-electron chi connectivity index (χ2n) is 5.34. The van der Waals surface area contributed by atoms with E-state index in [-0.39, 0.29) is 10.4 Å². The molecule has 116 valence electrons. The number of ether oxygens (including phenoxy) is 1. The third kappa shape index (κ3) is 5.08. The number of rotatable bonds is 6. The third-order valence-corrected chi connectivity index (χ3v) is 4.51. The lowest BCUT2D eigenvalue weighted by Gasteiger charge is -2.21. The fraction of sp³-hybridized carbons (Fsp3) is 0.562. The quantitative estimate of drug-likeness (QED) is 0.779. The van der Waals surface area contributed by atoms with Crippen LogP contribution >= 0.6 is 15.9 Å². The molecule has 5 heteroatoms. The van der Waals surface area contributed by atoms with Crippen LogP contribution in [0.2, 0.25) is 0 Å². The van der Waals surface area contributed by atoms with Gasteiger partial charge in [0.05, 0.1) is 16.1 Å². The Morgan fingerprint density at radius 2 is 2.10 bits per heavy atom. The highest BCUT2D eigenvalue weighted by Gasteiger charge is 2.14. The van der Waals surface area contributed by atoms with Crippen molar-refractivity contribution in [3.05, 3.63) is 34.1 Å². The fourth-order valence-corrected chi connectivity index (χ4v) is 2.97. The van der Waals surface area contributed by atoms with Crippen LogP contribution in [0, 0.1) is 5.82 Å². The molecule has 0 unspecified atom stereocenters. The van der Waals surface area contributed by atoms with Crippen LogP contribution < -0.4 is 5.32 Å². The Hall–Kier alpha value is -0.940. The van der Waals surface area contributed by atoms with Crippen LogP contribution in [-0.4, -0.2) is 25.2 Å². The molecule has 1 aliphatic carbocycles. The lowest BCUT2D eigenvalue weighted by atomic mass is 9.98. The van der Waals surface area contributed by atoms with Crippen molar-refractivity contribution in [3.8, 4) is 0 Å². The van der Waals surface area contributed by atoms with Crippen LogP contribution in [0.4, 0.5) is 4.39 Å². The highest BCUT2D eigenvalue weighted by Crippen LogP contribution is 2.21. The predicted octanol–water partition coefficient (Wildman–Crippen LogP) is 4.06. The smallest absolute Gasteiger partial charge is 0.252 e. The van der Waals surface area contributed by atoms with Gasteiger partial charge < -0.3 is 10.1 Å². The number of carbonyl (C=O) groups is 1. The predicted molar refractivity (Wildman–Crippen MR) is 83.9 cm³/mol. The number of hydrogen-bond acceptors (Lipinski definition) is 2. The minimum absolute atomic E-state index is 0.209. The van der Waals surface area contributed by atoms with Gasteiger partial charge in [0.1, 0.15) is 5.82 Å². The average molecular weight is 358 g/mol. The molecule has 1 amide bonds. The van der Waals surface area contributed by atoms with Crippen LogP contribution in [0.25, 0.3) is 0 Å². The molecule has 1 N–H and O–H groups in total. The van der Waals surface area contributed by atoms with Crippen LogP contribution in [0.15, 0.2) is 22.7 Å². The summed E-state index contributed by atoms with van der Waals surface area (Å²) in [4.78, 5) is 11.9. The number of amides is 1. The van der Waals surface area contributed by atoms with E-state index in [1.807, 2.05) is 0 Å². The van der Waals surface area contributed by atoms with Crippen molar-refractivity contribution in [2.24, 2.45) is 0 Å². The first-order chi connectivity index (χ1) is 10.2. The summed E-state index contributed by atoms with van der Waals surface area (Å²) in [6.45, 7) is 1.20. The summed E-state index contributed by atoms with van der Waals surface area (Å²) in [6.07, 6.45) is 7.31. The topological polar surface area (TPSA) is 38.3 Å². The maximum absolute atomic E-state index is 13.3. The van der Waals surface area contributed by atoms with E-state index in [2.05, 4.69) is 21.2 Å². The molecular formula is C16H21BrFNO2. The summed E-state index contributed by atoms with van der Waals surface area (Å²) in [5.41, 5.74) is 0.322. The number of hydrogen-bond donors (Lipinski definition) is 1. The molecule has 0 saturated heterocycles. The van der Waals surface area contributed by atoms with Gasteiger partial charge in [0.2, 0.25) is 0 Å². The Morgan fingerprint density at radius 3 is 2.86 bits per heavy atom. The molecule has 0 aromatic heterocycles. The third-order valence-electron chi connectivity index (χ3n) is 3.71. The Morgan fingerprint density at radius 1 is 1.33 bits per heavy atom. The van der Waals surface area contributed by atoms with Crippen molar-refractivity contribution >= 4 is 21.8 Å². The Labute approximate surface area is 133 Å². The van der Waals surface area contributed by atoms with Gasteiger partial charge in [-0.2, -0.15) is 0 Å². The van der Waals surface area contributed by atoms with Gasteiger partial charge in [0, 0.05) is 13.2 Å². The number of benzene rings is 1. The van der Waals surface area contributed by atoms with E-state index in [4.69, 9.17) is 4.74 Å². The Kier molecular flexibility index (Phi) is 6.64. The number of carbonyl (C=O) groups excluding carboxylic acids is 1. The van der Waals surface area contributed by atoms with E-state index in [1.165, 1.54) is 31.4 Å². The second kappa shape index (κ2) is 8.49. The molecular weight excluding hydrogens is 337 g/mol. The molecule has 0 spiro atoms. The van der Waals surface area contributed by atoms with E-state index < -0.39 is 5.82 Å². The van der Waals surface area contributed by atoms with Gasteiger partial charge >= 0.3 is 0 Å². The van der Waals surface area contributed by atoms with Crippen molar-refractivity contribution in [1.29, 1.82) is 0 Å². The molecule has 0 aliphatic heterocycles. The largest absolute Gasteiger partial charge is 0.378 e. The summed E-state index contributed by atoms with van der Waals surface area (Å²) in [6, 6.07) is 4.45. The van der Waals surface area contributed by atoms with Crippen LogP contribution in [0.5, 0.6) is 0 Å². The highest BCUT2D eigenvalue weighted by atomic mass is 79.9. The maximum Gasteiger partial charge on any atom is 0.252 e. The van der Waals surface area contributed by atoms with Crippen molar-refractivity contribution in [2.45, 2.75) is 44.6 Å². The van der Waals surface area contributed by atoms with Crippen molar-refractivity contribution in [3.63, 3.8) is 0 Å². The van der Waals surface area contributed by atoms with Crippen LogP contribution in [0.3, 0.4) is 0 Å². The van der Waals surface area contributed by atoms with E-state index in [0.29, 0.717) is 24.8 Å². The lowest BCUT2D eigenvalue weighted by Crippen LogP contribution is -2.26. The molecule has 1 aromatic rings. The zero-order valence-electron chi connectivity index (χ0n) is 12.0. The van der Waals surface area contributed by atoms with Gasteiger partial charge in [-0.1, -0.05) is 25.3 Å². The first kappa shape index (κ1) is 16.4. The van der Waals surface area contributed by atoms with E-state index in [1.54, 1.807) is 6.07 Å². The fourth-order valence-electron chi connectivity index (χ4n) is 2.53. The summed E-state index contributed by atoms with van der Waals surface area (Å²) in [5.74, 6) is -0.692. The SMILES string of the molecule is O=C(NCCCOC1CCCCC1)c1cccc(F)c1Br. The number of nitrogens with one attached hydrogen (secondary N) is 1. The highest BCUT2D eigenvalue weighted by molar-refractivity contribution is 9.10. The van der Waals surface area contributed by atoms with E-state index >= 15 is 0 Å². The molecule has 0 heterocycles. The van der Waals surface area contributed by atoms with Gasteiger partial charge in [-0.05, 0) is 47.3 Å². The number of halogens is 2. The molecule has 21 heavy (non-hydrogen) atoms. The van der Waals surface area contributed by atoms with Gasteiger partial charge in [-0.3, -0.25) is 4.79 Å². The molecule has 1 aromatic carbocycles. The average Bonchev–Trinajstić information content (AvgIpc) is 2.50. The molecule has 0 bridgehead atoms. The summed E-state index contributed by atoms with van der Waals surface area (Å²) in [5, 5.41) is 2.79. The standard InChI is InChI=1S/C16H21BrFNO2/c17-15-13(8-4-9-14(15)18)16(20)19-10-5-11-21-12-6-2-1-3-7-12/h4,8-9,12H,1-3,5-7,10-11H2,(H,19,20). The molecule has 1 aliphatic rings. The molecule has 1 saturated carbocycles. The molecule has 0 atom stereocenters.